The van der Waals surface area contributed by atoms with Crippen LogP contribution in [0.3, 0.4) is 0 Å². The Morgan fingerprint density at radius 1 is 1.43 bits per heavy atom. The van der Waals surface area contributed by atoms with Gasteiger partial charge in [0.25, 0.3) is 0 Å². The maximum Gasteiger partial charge on any atom is 0.151 e. The predicted molar refractivity (Wildman–Crippen MR) is 52.2 cm³/mol. The Morgan fingerprint density at radius 3 is 2.79 bits per heavy atom. The van der Waals surface area contributed by atoms with E-state index in [0.717, 1.165) is 12.1 Å². The van der Waals surface area contributed by atoms with E-state index in [1.807, 2.05) is 13.8 Å². The Morgan fingerprint density at radius 2 is 2.14 bits per heavy atom. The van der Waals surface area contributed by atoms with Crippen molar-refractivity contribution in [3.05, 3.63) is 22.8 Å². The van der Waals surface area contributed by atoms with Crippen molar-refractivity contribution in [1.82, 2.24) is 4.98 Å². The molecule has 0 amide bonds. The third-order valence-corrected chi connectivity index (χ3v) is 2.54. The van der Waals surface area contributed by atoms with Gasteiger partial charge in [-0.3, -0.25) is 4.98 Å². The van der Waals surface area contributed by atoms with Crippen molar-refractivity contribution in [2.24, 2.45) is 0 Å². The Hall–Kier alpha value is -1.12. The smallest absolute Gasteiger partial charge is 0.151 e. The SMILES string of the molecule is Cc1c(F)c(C(C)C)nc2c1OCC2. The predicted octanol–water partition coefficient (Wildman–Crippen LogP) is 2.59. The van der Waals surface area contributed by atoms with Gasteiger partial charge in [0.2, 0.25) is 0 Å². The molecule has 14 heavy (non-hydrogen) atoms. The molecule has 0 unspecified atom stereocenters. The molecule has 0 atom stereocenters. The van der Waals surface area contributed by atoms with Gasteiger partial charge < -0.3 is 4.74 Å². The molecule has 76 valence electrons. The minimum absolute atomic E-state index is 0.125. The molecule has 2 heterocycles. The van der Waals surface area contributed by atoms with E-state index < -0.39 is 0 Å². The van der Waals surface area contributed by atoms with Crippen molar-refractivity contribution in [2.45, 2.75) is 33.1 Å². The summed E-state index contributed by atoms with van der Waals surface area (Å²) in [7, 11) is 0. The summed E-state index contributed by atoms with van der Waals surface area (Å²) in [4.78, 5) is 4.31. The fourth-order valence-corrected chi connectivity index (χ4v) is 1.75. The van der Waals surface area contributed by atoms with E-state index in [2.05, 4.69) is 4.98 Å². The van der Waals surface area contributed by atoms with Crippen LogP contribution in [0, 0.1) is 12.7 Å². The van der Waals surface area contributed by atoms with Gasteiger partial charge in [-0.25, -0.2) is 4.39 Å². The molecule has 0 saturated carbocycles. The zero-order chi connectivity index (χ0) is 10.3. The lowest BCUT2D eigenvalue weighted by Crippen LogP contribution is -2.03. The molecule has 0 bridgehead atoms. The molecule has 0 aromatic carbocycles. The van der Waals surface area contributed by atoms with Crippen molar-refractivity contribution < 1.29 is 9.13 Å². The van der Waals surface area contributed by atoms with Crippen molar-refractivity contribution in [3.63, 3.8) is 0 Å². The second kappa shape index (κ2) is 3.23. The maximum absolute atomic E-state index is 13.8. The molecule has 1 aromatic heterocycles. The molecule has 0 aliphatic carbocycles. The number of rotatable bonds is 1. The van der Waals surface area contributed by atoms with Crippen LogP contribution in [0.25, 0.3) is 0 Å². The fourth-order valence-electron chi connectivity index (χ4n) is 1.75. The first-order valence-corrected chi connectivity index (χ1v) is 4.93. The molecule has 2 nitrogen and oxygen atoms in total. The summed E-state index contributed by atoms with van der Waals surface area (Å²) in [6.07, 6.45) is 0.802. The van der Waals surface area contributed by atoms with Crippen LogP contribution >= 0.6 is 0 Å². The van der Waals surface area contributed by atoms with Gasteiger partial charge in [-0.2, -0.15) is 0 Å². The molecule has 1 aliphatic rings. The number of hydrogen-bond acceptors (Lipinski definition) is 2. The minimum atomic E-state index is -0.208. The second-order valence-electron chi connectivity index (χ2n) is 3.97. The van der Waals surface area contributed by atoms with Crippen LogP contribution in [-0.2, 0) is 6.42 Å². The molecule has 2 rings (SSSR count). The summed E-state index contributed by atoms with van der Waals surface area (Å²) in [6, 6.07) is 0. The summed E-state index contributed by atoms with van der Waals surface area (Å²) >= 11 is 0. The van der Waals surface area contributed by atoms with Gasteiger partial charge in [-0.05, 0) is 12.8 Å². The lowest BCUT2D eigenvalue weighted by molar-refractivity contribution is 0.352. The Balaban J connectivity index is 2.61. The molecule has 0 N–H and O–H groups in total. The molecular formula is C11H14FNO. The van der Waals surface area contributed by atoms with Crippen LogP contribution in [0.4, 0.5) is 4.39 Å². The highest BCUT2D eigenvalue weighted by molar-refractivity contribution is 5.42. The van der Waals surface area contributed by atoms with Crippen molar-refractivity contribution >= 4 is 0 Å². The van der Waals surface area contributed by atoms with Gasteiger partial charge in [-0.15, -0.1) is 0 Å². The molecule has 3 heteroatoms. The number of pyridine rings is 1. The molecule has 0 spiro atoms. The molecule has 1 aromatic rings. The molecule has 0 radical (unpaired) electrons. The topological polar surface area (TPSA) is 22.1 Å². The van der Waals surface area contributed by atoms with Crippen LogP contribution in [0.5, 0.6) is 5.75 Å². The maximum atomic E-state index is 13.8. The number of hydrogen-bond donors (Lipinski definition) is 0. The summed E-state index contributed by atoms with van der Waals surface area (Å²) in [5.41, 5.74) is 2.08. The van der Waals surface area contributed by atoms with Gasteiger partial charge in [0, 0.05) is 12.0 Å². The van der Waals surface area contributed by atoms with Crippen LogP contribution < -0.4 is 4.74 Å². The normalized spacial score (nSPS) is 14.4. The third kappa shape index (κ3) is 1.27. The minimum Gasteiger partial charge on any atom is -0.491 e. The lowest BCUT2D eigenvalue weighted by atomic mass is 10.0. The summed E-state index contributed by atoms with van der Waals surface area (Å²) in [5, 5.41) is 0. The van der Waals surface area contributed by atoms with Crippen molar-refractivity contribution in [3.8, 4) is 5.75 Å². The Bertz CT molecular complexity index is 374. The van der Waals surface area contributed by atoms with E-state index in [1.165, 1.54) is 0 Å². The van der Waals surface area contributed by atoms with Gasteiger partial charge in [0.15, 0.2) is 5.82 Å². The van der Waals surface area contributed by atoms with E-state index in [1.54, 1.807) is 6.92 Å². The number of fused-ring (bicyclic) bond motifs is 1. The van der Waals surface area contributed by atoms with Crippen LogP contribution in [-0.4, -0.2) is 11.6 Å². The summed E-state index contributed by atoms with van der Waals surface area (Å²) in [6.45, 7) is 6.29. The van der Waals surface area contributed by atoms with Gasteiger partial charge >= 0.3 is 0 Å². The number of halogens is 1. The Labute approximate surface area is 83.1 Å². The van der Waals surface area contributed by atoms with Crippen LogP contribution in [0.2, 0.25) is 0 Å². The second-order valence-corrected chi connectivity index (χ2v) is 3.97. The average Bonchev–Trinajstić information content (AvgIpc) is 2.58. The number of ether oxygens (including phenoxy) is 1. The first kappa shape index (κ1) is 9.44. The van der Waals surface area contributed by atoms with Gasteiger partial charge in [0.05, 0.1) is 18.0 Å². The van der Waals surface area contributed by atoms with Crippen LogP contribution in [0.1, 0.15) is 36.7 Å². The average molecular weight is 195 g/mol. The van der Waals surface area contributed by atoms with Crippen molar-refractivity contribution in [2.75, 3.05) is 6.61 Å². The highest BCUT2D eigenvalue weighted by Gasteiger charge is 2.23. The lowest BCUT2D eigenvalue weighted by Gasteiger charge is -2.11. The Kier molecular flexibility index (Phi) is 2.17. The number of aromatic nitrogens is 1. The van der Waals surface area contributed by atoms with E-state index in [9.17, 15) is 4.39 Å². The van der Waals surface area contributed by atoms with Gasteiger partial charge in [0.1, 0.15) is 5.75 Å². The first-order chi connectivity index (χ1) is 6.61. The highest BCUT2D eigenvalue weighted by Crippen LogP contribution is 2.32. The van der Waals surface area contributed by atoms with Crippen molar-refractivity contribution in [1.29, 1.82) is 0 Å². The monoisotopic (exact) mass is 195 g/mol. The standard InChI is InChI=1S/C11H14FNO/c1-6(2)10-9(12)7(3)11-8(13-10)4-5-14-11/h6H,4-5H2,1-3H3. The molecule has 0 saturated heterocycles. The van der Waals surface area contributed by atoms with Gasteiger partial charge in [-0.1, -0.05) is 13.8 Å². The zero-order valence-electron chi connectivity index (χ0n) is 8.72. The summed E-state index contributed by atoms with van der Waals surface area (Å²) < 4.78 is 19.1. The fraction of sp³-hybridized carbons (Fsp3) is 0.545. The van der Waals surface area contributed by atoms with E-state index >= 15 is 0 Å². The molecule has 1 aliphatic heterocycles. The van der Waals surface area contributed by atoms with E-state index in [0.29, 0.717) is 23.6 Å². The largest absolute Gasteiger partial charge is 0.491 e. The van der Waals surface area contributed by atoms with E-state index in [-0.39, 0.29) is 11.7 Å². The van der Waals surface area contributed by atoms with Crippen LogP contribution in [0.15, 0.2) is 0 Å². The number of nitrogens with zero attached hydrogens (tertiary/aromatic N) is 1. The zero-order valence-corrected chi connectivity index (χ0v) is 8.72. The first-order valence-electron chi connectivity index (χ1n) is 4.93. The highest BCUT2D eigenvalue weighted by atomic mass is 19.1. The molecule has 0 fully saturated rings. The summed E-state index contributed by atoms with van der Waals surface area (Å²) in [5.74, 6) is 0.576. The third-order valence-electron chi connectivity index (χ3n) is 2.54. The van der Waals surface area contributed by atoms with E-state index in [4.69, 9.17) is 4.74 Å². The molecular weight excluding hydrogens is 181 g/mol. The quantitative estimate of drug-likeness (QED) is 0.687.